The molecule has 1 fully saturated rings. The number of carbonyl (C=O) groups excluding carboxylic acids is 3. The van der Waals surface area contributed by atoms with E-state index in [0.29, 0.717) is 24.2 Å². The first-order chi connectivity index (χ1) is 11.5. The van der Waals surface area contributed by atoms with Crippen LogP contribution in [0.25, 0.3) is 0 Å². The molecule has 4 N–H and O–H groups in total. The molecule has 4 amide bonds. The van der Waals surface area contributed by atoms with Crippen LogP contribution in [-0.4, -0.2) is 44.9 Å². The molecule has 9 nitrogen and oxygen atoms in total. The molecule has 0 aliphatic heterocycles. The maximum Gasteiger partial charge on any atom is 0.321 e. The lowest BCUT2D eigenvalue weighted by atomic mass is 10.3. The lowest BCUT2D eigenvalue weighted by molar-refractivity contribution is -0.118. The van der Waals surface area contributed by atoms with Crippen LogP contribution in [0.4, 0.5) is 4.79 Å². The summed E-state index contributed by atoms with van der Waals surface area (Å²) in [6, 6.07) is -0.503. The Bertz CT molecular complexity index is 614. The summed E-state index contributed by atoms with van der Waals surface area (Å²) in [6.45, 7) is 2.84. The molecule has 1 saturated carbocycles. The van der Waals surface area contributed by atoms with E-state index in [2.05, 4.69) is 20.8 Å². The van der Waals surface area contributed by atoms with E-state index in [1.165, 1.54) is 11.8 Å². The number of aromatic nitrogens is 3. The Morgan fingerprint density at radius 1 is 1.33 bits per heavy atom. The minimum Gasteiger partial charge on any atom is -0.370 e. The van der Waals surface area contributed by atoms with E-state index < -0.39 is 17.8 Å². The minimum atomic E-state index is -0.503. The number of carbonyl (C=O) groups is 3. The standard InChI is InChI=1S/C14H22N6O3S/c1-2-6-16-13(23)17-11(22)8-24-14-19-18-12(9-3-4-9)20(14)7-5-10(15)21/h9H,2-8H2,1H3,(H2,15,21)(H2,16,17,22,23). The summed E-state index contributed by atoms with van der Waals surface area (Å²) in [4.78, 5) is 34.3. The predicted molar refractivity (Wildman–Crippen MR) is 88.4 cm³/mol. The van der Waals surface area contributed by atoms with Gasteiger partial charge < -0.3 is 15.6 Å². The van der Waals surface area contributed by atoms with Gasteiger partial charge in [-0.1, -0.05) is 18.7 Å². The lowest BCUT2D eigenvalue weighted by Crippen LogP contribution is -2.40. The molecular formula is C14H22N6O3S. The second-order valence-electron chi connectivity index (χ2n) is 5.58. The summed E-state index contributed by atoms with van der Waals surface area (Å²) >= 11 is 1.18. The highest BCUT2D eigenvalue weighted by molar-refractivity contribution is 7.99. The number of hydrogen-bond donors (Lipinski definition) is 3. The first kappa shape index (κ1) is 18.2. The van der Waals surface area contributed by atoms with Gasteiger partial charge in [0.15, 0.2) is 5.16 Å². The van der Waals surface area contributed by atoms with Crippen molar-refractivity contribution in [3.8, 4) is 0 Å². The largest absolute Gasteiger partial charge is 0.370 e. The third-order valence-electron chi connectivity index (χ3n) is 3.39. The zero-order valence-corrected chi connectivity index (χ0v) is 14.4. The molecule has 0 unspecified atom stereocenters. The summed E-state index contributed by atoms with van der Waals surface area (Å²) in [5, 5.41) is 13.6. The van der Waals surface area contributed by atoms with Gasteiger partial charge in [-0.2, -0.15) is 0 Å². The molecule has 1 aromatic rings. The molecule has 10 heteroatoms. The summed E-state index contributed by atoms with van der Waals surface area (Å²) in [6.07, 6.45) is 3.09. The molecule has 1 aromatic heterocycles. The maximum atomic E-state index is 11.8. The monoisotopic (exact) mass is 354 g/mol. The van der Waals surface area contributed by atoms with Crippen molar-refractivity contribution < 1.29 is 14.4 Å². The summed E-state index contributed by atoms with van der Waals surface area (Å²) in [5.74, 6) is 0.435. The molecule has 2 rings (SSSR count). The van der Waals surface area contributed by atoms with Crippen molar-refractivity contribution in [2.75, 3.05) is 12.3 Å². The maximum absolute atomic E-state index is 11.8. The van der Waals surface area contributed by atoms with Crippen molar-refractivity contribution in [1.82, 2.24) is 25.4 Å². The number of urea groups is 1. The fourth-order valence-electron chi connectivity index (χ4n) is 2.06. The molecule has 1 aliphatic carbocycles. The quantitative estimate of drug-likeness (QED) is 0.549. The highest BCUT2D eigenvalue weighted by Crippen LogP contribution is 2.40. The van der Waals surface area contributed by atoms with Gasteiger partial charge in [0.05, 0.1) is 5.75 Å². The van der Waals surface area contributed by atoms with Crippen LogP contribution in [0, 0.1) is 0 Å². The Labute approximate surface area is 144 Å². The zero-order chi connectivity index (χ0) is 17.5. The fourth-order valence-corrected chi connectivity index (χ4v) is 2.83. The highest BCUT2D eigenvalue weighted by atomic mass is 32.2. The predicted octanol–water partition coefficient (Wildman–Crippen LogP) is 0.359. The van der Waals surface area contributed by atoms with Crippen LogP contribution in [0.3, 0.4) is 0 Å². The number of nitrogens with two attached hydrogens (primary N) is 1. The second kappa shape index (κ2) is 8.67. The molecular weight excluding hydrogens is 332 g/mol. The van der Waals surface area contributed by atoms with Gasteiger partial charge >= 0.3 is 6.03 Å². The SMILES string of the molecule is CCCNC(=O)NC(=O)CSc1nnc(C2CC2)n1CCC(N)=O. The smallest absolute Gasteiger partial charge is 0.321 e. The number of imide groups is 1. The first-order valence-electron chi connectivity index (χ1n) is 7.93. The van der Waals surface area contributed by atoms with Crippen LogP contribution >= 0.6 is 11.8 Å². The molecule has 1 aliphatic rings. The van der Waals surface area contributed by atoms with Crippen molar-refractivity contribution in [3.05, 3.63) is 5.82 Å². The Kier molecular flexibility index (Phi) is 6.59. The molecule has 132 valence electrons. The van der Waals surface area contributed by atoms with Gasteiger partial charge in [-0.05, 0) is 19.3 Å². The van der Waals surface area contributed by atoms with E-state index in [0.717, 1.165) is 25.1 Å². The lowest BCUT2D eigenvalue weighted by Gasteiger charge is -2.09. The third kappa shape index (κ3) is 5.52. The van der Waals surface area contributed by atoms with Crippen LogP contribution < -0.4 is 16.4 Å². The van der Waals surface area contributed by atoms with E-state index >= 15 is 0 Å². The van der Waals surface area contributed by atoms with Crippen molar-refractivity contribution in [3.63, 3.8) is 0 Å². The van der Waals surface area contributed by atoms with Gasteiger partial charge in [-0.25, -0.2) is 4.79 Å². The van der Waals surface area contributed by atoms with E-state index in [9.17, 15) is 14.4 Å². The Morgan fingerprint density at radius 3 is 2.71 bits per heavy atom. The second-order valence-corrected chi connectivity index (χ2v) is 6.52. The van der Waals surface area contributed by atoms with Crippen LogP contribution in [0.5, 0.6) is 0 Å². The topological polar surface area (TPSA) is 132 Å². The number of nitrogens with zero attached hydrogens (tertiary/aromatic N) is 3. The van der Waals surface area contributed by atoms with Crippen molar-refractivity contribution in [1.29, 1.82) is 0 Å². The molecule has 0 spiro atoms. The van der Waals surface area contributed by atoms with E-state index in [1.54, 1.807) is 0 Å². The van der Waals surface area contributed by atoms with Crippen molar-refractivity contribution in [2.24, 2.45) is 5.73 Å². The van der Waals surface area contributed by atoms with Gasteiger partial charge in [-0.15, -0.1) is 10.2 Å². The Balaban J connectivity index is 1.90. The van der Waals surface area contributed by atoms with Crippen molar-refractivity contribution >= 4 is 29.6 Å². The van der Waals surface area contributed by atoms with E-state index in [1.807, 2.05) is 11.5 Å². The fraction of sp³-hybridized carbons (Fsp3) is 0.643. The van der Waals surface area contributed by atoms with Crippen LogP contribution in [0.1, 0.15) is 44.3 Å². The molecule has 0 aromatic carbocycles. The summed E-state index contributed by atoms with van der Waals surface area (Å²) in [7, 11) is 0. The first-order valence-corrected chi connectivity index (χ1v) is 8.91. The van der Waals surface area contributed by atoms with Gasteiger partial charge in [0.2, 0.25) is 11.8 Å². The van der Waals surface area contributed by atoms with Crippen LogP contribution in [0.2, 0.25) is 0 Å². The number of nitrogens with one attached hydrogen (secondary N) is 2. The molecule has 1 heterocycles. The molecule has 0 atom stereocenters. The van der Waals surface area contributed by atoms with Gasteiger partial charge in [0, 0.05) is 25.4 Å². The number of primary amides is 1. The molecule has 0 bridgehead atoms. The van der Waals surface area contributed by atoms with Crippen LogP contribution in [0.15, 0.2) is 5.16 Å². The van der Waals surface area contributed by atoms with Crippen molar-refractivity contribution in [2.45, 2.75) is 50.2 Å². The minimum absolute atomic E-state index is 0.0406. The van der Waals surface area contributed by atoms with E-state index in [4.69, 9.17) is 5.73 Å². The average molecular weight is 354 g/mol. The molecule has 24 heavy (non-hydrogen) atoms. The molecule has 0 radical (unpaired) electrons. The average Bonchev–Trinajstić information content (AvgIpc) is 3.29. The summed E-state index contributed by atoms with van der Waals surface area (Å²) < 4.78 is 1.84. The third-order valence-corrected chi connectivity index (χ3v) is 4.36. The summed E-state index contributed by atoms with van der Waals surface area (Å²) in [5.41, 5.74) is 5.21. The van der Waals surface area contributed by atoms with Crippen LogP contribution in [-0.2, 0) is 16.1 Å². The van der Waals surface area contributed by atoms with Gasteiger partial charge in [0.1, 0.15) is 5.82 Å². The van der Waals surface area contributed by atoms with Gasteiger partial charge in [-0.3, -0.25) is 14.9 Å². The number of amides is 4. The number of rotatable bonds is 9. The van der Waals surface area contributed by atoms with Gasteiger partial charge in [0.25, 0.3) is 0 Å². The highest BCUT2D eigenvalue weighted by Gasteiger charge is 2.30. The number of thioether (sulfide) groups is 1. The molecule has 0 saturated heterocycles. The van der Waals surface area contributed by atoms with E-state index in [-0.39, 0.29) is 12.2 Å². The zero-order valence-electron chi connectivity index (χ0n) is 13.6. The number of hydrogen-bond acceptors (Lipinski definition) is 6. The Hall–Kier alpha value is -2.10. The Morgan fingerprint density at radius 2 is 2.08 bits per heavy atom. The normalized spacial score (nSPS) is 13.5.